The second-order valence-corrected chi connectivity index (χ2v) is 5.54. The molecule has 0 spiro atoms. The lowest BCUT2D eigenvalue weighted by atomic mass is 10.1. The molecule has 0 saturated carbocycles. The van der Waals surface area contributed by atoms with Crippen molar-refractivity contribution in [3.8, 4) is 0 Å². The third kappa shape index (κ3) is 2.47. The molecule has 7 heteroatoms. The van der Waals surface area contributed by atoms with Gasteiger partial charge in [0.2, 0.25) is 0 Å². The molecule has 1 aromatic carbocycles. The Morgan fingerprint density at radius 2 is 1.88 bits per heavy atom. The number of para-hydroxylation sites is 1. The summed E-state index contributed by atoms with van der Waals surface area (Å²) in [5.74, 6) is 1.24. The summed E-state index contributed by atoms with van der Waals surface area (Å²) in [6.07, 6.45) is 3.23. The van der Waals surface area contributed by atoms with E-state index in [-0.39, 0.29) is 11.7 Å². The minimum absolute atomic E-state index is 0.131. The van der Waals surface area contributed by atoms with Crippen LogP contribution < -0.4 is 16.0 Å². The zero-order chi connectivity index (χ0) is 17.4. The minimum atomic E-state index is 0.131. The van der Waals surface area contributed by atoms with Crippen LogP contribution in [-0.4, -0.2) is 21.6 Å². The largest absolute Gasteiger partial charge is 0.384 e. The number of fused-ring (bicyclic) bond motifs is 2. The third-order valence-corrected chi connectivity index (χ3v) is 3.96. The highest BCUT2D eigenvalue weighted by atomic mass is 15.2. The number of benzene rings is 1. The van der Waals surface area contributed by atoms with Gasteiger partial charge in [0.25, 0.3) is 0 Å². The van der Waals surface area contributed by atoms with E-state index in [2.05, 4.69) is 15.3 Å². The van der Waals surface area contributed by atoms with Crippen LogP contribution in [0.2, 0.25) is 0 Å². The topological polar surface area (TPSA) is 115 Å². The lowest BCUT2D eigenvalue weighted by molar-refractivity contribution is 1.25. The van der Waals surface area contributed by atoms with Crippen LogP contribution in [0.4, 0.5) is 23.0 Å². The first kappa shape index (κ1) is 14.8. The number of nitrogens with one attached hydrogen (secondary N) is 3. The molecule has 3 aromatic rings. The zero-order valence-corrected chi connectivity index (χ0v) is 13.2. The van der Waals surface area contributed by atoms with E-state index in [1.165, 1.54) is 0 Å². The number of rotatable bonds is 1. The number of nitrogen functional groups attached to an aromatic ring is 1. The van der Waals surface area contributed by atoms with Gasteiger partial charge in [0.15, 0.2) is 5.82 Å². The Morgan fingerprint density at radius 3 is 2.72 bits per heavy atom. The monoisotopic (exact) mass is 329 g/mol. The van der Waals surface area contributed by atoms with E-state index in [4.69, 9.17) is 16.6 Å². The van der Waals surface area contributed by atoms with E-state index in [0.717, 1.165) is 5.69 Å². The number of nitrogens with two attached hydrogens (primary N) is 1. The predicted molar refractivity (Wildman–Crippen MR) is 98.7 cm³/mol. The molecule has 4 rings (SSSR count). The number of anilines is 4. The Labute approximate surface area is 144 Å². The zero-order valence-electron chi connectivity index (χ0n) is 13.2. The summed E-state index contributed by atoms with van der Waals surface area (Å²) in [4.78, 5) is 9.89. The van der Waals surface area contributed by atoms with Crippen LogP contribution in [-0.2, 0) is 0 Å². The molecule has 0 unspecified atom stereocenters. The van der Waals surface area contributed by atoms with Gasteiger partial charge >= 0.3 is 0 Å². The van der Waals surface area contributed by atoms with Crippen LogP contribution in [0.1, 0.15) is 11.1 Å². The molecule has 122 valence electrons. The van der Waals surface area contributed by atoms with Crippen molar-refractivity contribution in [2.75, 3.05) is 16.0 Å². The van der Waals surface area contributed by atoms with Gasteiger partial charge in [-0.25, -0.2) is 9.97 Å². The van der Waals surface area contributed by atoms with Crippen molar-refractivity contribution in [1.82, 2.24) is 9.97 Å². The van der Waals surface area contributed by atoms with Crippen LogP contribution in [0, 0.1) is 10.8 Å². The van der Waals surface area contributed by atoms with Crippen molar-refractivity contribution >= 4 is 34.7 Å². The first-order valence-corrected chi connectivity index (χ1v) is 7.66. The quantitative estimate of drug-likeness (QED) is 0.405. The fourth-order valence-corrected chi connectivity index (χ4v) is 2.80. The number of hydrogen-bond donors (Lipinski definition) is 4. The van der Waals surface area contributed by atoms with Crippen LogP contribution in [0.3, 0.4) is 0 Å². The molecule has 1 aliphatic heterocycles. The maximum atomic E-state index is 8.70. The van der Waals surface area contributed by atoms with Crippen molar-refractivity contribution in [2.45, 2.75) is 0 Å². The molecule has 7 nitrogen and oxygen atoms in total. The lowest BCUT2D eigenvalue weighted by Crippen LogP contribution is -2.36. The van der Waals surface area contributed by atoms with Crippen molar-refractivity contribution in [3.05, 3.63) is 72.1 Å². The van der Waals surface area contributed by atoms with Gasteiger partial charge in [-0.1, -0.05) is 12.1 Å². The summed E-state index contributed by atoms with van der Waals surface area (Å²) in [5.41, 5.74) is 8.42. The van der Waals surface area contributed by atoms with Crippen LogP contribution >= 0.6 is 0 Å². The standard InChI is InChI=1S/C18H15N7/c19-15-10-11(7-9-22-15)16(20)25-14-6-3-8-23-18(14)24-13-5-2-1-4-12(13)17(25)21/h1-10,20-21H,(H2,19,22)(H,23,24). The second-order valence-electron chi connectivity index (χ2n) is 5.54. The molecule has 0 atom stereocenters. The highest BCUT2D eigenvalue weighted by Crippen LogP contribution is 2.34. The average Bonchev–Trinajstić information content (AvgIpc) is 2.75. The van der Waals surface area contributed by atoms with Crippen molar-refractivity contribution < 1.29 is 0 Å². The Balaban J connectivity index is 1.91. The van der Waals surface area contributed by atoms with Crippen LogP contribution in [0.25, 0.3) is 0 Å². The molecule has 0 amide bonds. The summed E-state index contributed by atoms with van der Waals surface area (Å²) in [5, 5.41) is 20.6. The normalized spacial score (nSPS) is 12.6. The Hall–Kier alpha value is -3.74. The molecule has 1 aliphatic rings. The first-order chi connectivity index (χ1) is 12.1. The highest BCUT2D eigenvalue weighted by molar-refractivity contribution is 6.30. The van der Waals surface area contributed by atoms with Crippen molar-refractivity contribution in [2.24, 2.45) is 0 Å². The fraction of sp³-hybridized carbons (Fsp3) is 0. The van der Waals surface area contributed by atoms with Gasteiger partial charge in [-0.05, 0) is 36.4 Å². The second kappa shape index (κ2) is 5.72. The summed E-state index contributed by atoms with van der Waals surface area (Å²) >= 11 is 0. The number of amidine groups is 2. The van der Waals surface area contributed by atoms with Gasteiger partial charge in [-0.3, -0.25) is 15.7 Å². The van der Waals surface area contributed by atoms with E-state index in [0.29, 0.717) is 28.5 Å². The molecule has 0 bridgehead atoms. The molecule has 0 saturated heterocycles. The van der Waals surface area contributed by atoms with E-state index >= 15 is 0 Å². The lowest BCUT2D eigenvalue weighted by Gasteiger charge is -2.25. The summed E-state index contributed by atoms with van der Waals surface area (Å²) in [6.45, 7) is 0. The van der Waals surface area contributed by atoms with Gasteiger partial charge < -0.3 is 11.1 Å². The van der Waals surface area contributed by atoms with E-state index in [9.17, 15) is 0 Å². The Kier molecular flexibility index (Phi) is 3.39. The summed E-state index contributed by atoms with van der Waals surface area (Å²) < 4.78 is 0. The predicted octanol–water partition coefficient (Wildman–Crippen LogP) is 2.97. The van der Waals surface area contributed by atoms with Gasteiger partial charge in [-0.2, -0.15) is 0 Å². The number of pyridine rings is 2. The molecule has 0 aliphatic carbocycles. The van der Waals surface area contributed by atoms with Gasteiger partial charge in [0.05, 0.1) is 11.4 Å². The third-order valence-electron chi connectivity index (χ3n) is 3.96. The molecule has 2 aromatic heterocycles. The van der Waals surface area contributed by atoms with Gasteiger partial charge in [0, 0.05) is 23.5 Å². The van der Waals surface area contributed by atoms with E-state index in [1.54, 1.807) is 35.5 Å². The molecule has 5 N–H and O–H groups in total. The molecular formula is C18H15N7. The SMILES string of the molecule is N=C(c1ccnc(N)c1)N1C(=N)c2ccccc2Nc2ncccc21. The molecular weight excluding hydrogens is 314 g/mol. The van der Waals surface area contributed by atoms with Crippen molar-refractivity contribution in [3.63, 3.8) is 0 Å². The molecule has 25 heavy (non-hydrogen) atoms. The summed E-state index contributed by atoms with van der Waals surface area (Å²) in [6, 6.07) is 14.4. The summed E-state index contributed by atoms with van der Waals surface area (Å²) in [7, 11) is 0. The minimum Gasteiger partial charge on any atom is -0.384 e. The molecule has 0 fully saturated rings. The Morgan fingerprint density at radius 1 is 1.04 bits per heavy atom. The number of hydrogen-bond acceptors (Lipinski definition) is 6. The van der Waals surface area contributed by atoms with Crippen LogP contribution in [0.5, 0.6) is 0 Å². The number of aromatic nitrogens is 2. The number of nitrogens with zero attached hydrogens (tertiary/aromatic N) is 3. The van der Waals surface area contributed by atoms with Crippen molar-refractivity contribution in [1.29, 1.82) is 10.8 Å². The fourth-order valence-electron chi connectivity index (χ4n) is 2.80. The van der Waals surface area contributed by atoms with E-state index < -0.39 is 0 Å². The average molecular weight is 329 g/mol. The van der Waals surface area contributed by atoms with Gasteiger partial charge in [0.1, 0.15) is 17.5 Å². The maximum absolute atomic E-state index is 8.70. The Bertz CT molecular complexity index is 996. The van der Waals surface area contributed by atoms with Gasteiger partial charge in [-0.15, -0.1) is 0 Å². The smallest absolute Gasteiger partial charge is 0.154 e. The maximum Gasteiger partial charge on any atom is 0.154 e. The first-order valence-electron chi connectivity index (χ1n) is 7.66. The highest BCUT2D eigenvalue weighted by Gasteiger charge is 2.28. The molecule has 0 radical (unpaired) electrons. The molecule has 3 heterocycles. The van der Waals surface area contributed by atoms with Crippen LogP contribution in [0.15, 0.2) is 60.9 Å². The van der Waals surface area contributed by atoms with E-state index in [1.807, 2.05) is 30.3 Å².